The molecular formula is C9H18N2. The van der Waals surface area contributed by atoms with Crippen LogP contribution in [-0.2, 0) is 0 Å². The zero-order valence-electron chi connectivity index (χ0n) is 7.58. The highest BCUT2D eigenvalue weighted by molar-refractivity contribution is 4.92. The maximum absolute atomic E-state index is 2.50. The van der Waals surface area contributed by atoms with E-state index in [2.05, 4.69) is 23.9 Å². The molecule has 0 N–H and O–H groups in total. The Labute approximate surface area is 69.2 Å². The van der Waals surface area contributed by atoms with Gasteiger partial charge in [-0.2, -0.15) is 0 Å². The molecule has 1 saturated heterocycles. The number of rotatable bonds is 0. The second-order valence-electron chi connectivity index (χ2n) is 4.07. The Balaban J connectivity index is 2.07. The van der Waals surface area contributed by atoms with Crippen molar-refractivity contribution in [1.82, 2.24) is 9.80 Å². The van der Waals surface area contributed by atoms with Crippen molar-refractivity contribution in [3.05, 3.63) is 0 Å². The largest absolute Gasteiger partial charge is 0.289 e. The summed E-state index contributed by atoms with van der Waals surface area (Å²) >= 11 is 0. The molecule has 1 heterocycles. The first-order valence-electron chi connectivity index (χ1n) is 4.69. The van der Waals surface area contributed by atoms with Gasteiger partial charge in [0.2, 0.25) is 0 Å². The highest BCUT2D eigenvalue weighted by Crippen LogP contribution is 2.30. The van der Waals surface area contributed by atoms with Crippen molar-refractivity contribution in [2.75, 3.05) is 20.8 Å². The molecule has 1 aliphatic heterocycles. The molecular weight excluding hydrogens is 136 g/mol. The van der Waals surface area contributed by atoms with Crippen LogP contribution in [0.1, 0.15) is 25.7 Å². The molecule has 2 nitrogen and oxygen atoms in total. The van der Waals surface area contributed by atoms with Gasteiger partial charge in [0.1, 0.15) is 0 Å². The zero-order chi connectivity index (χ0) is 7.84. The summed E-state index contributed by atoms with van der Waals surface area (Å²) in [5, 5.41) is 0. The normalized spacial score (nSPS) is 40.9. The van der Waals surface area contributed by atoms with E-state index in [-0.39, 0.29) is 0 Å². The van der Waals surface area contributed by atoms with Gasteiger partial charge in [-0.25, -0.2) is 0 Å². The van der Waals surface area contributed by atoms with E-state index in [4.69, 9.17) is 0 Å². The number of hydrogen-bond acceptors (Lipinski definition) is 2. The number of fused-ring (bicyclic) bond motifs is 1. The summed E-state index contributed by atoms with van der Waals surface area (Å²) < 4.78 is 0. The molecule has 2 fully saturated rings. The maximum Gasteiger partial charge on any atom is 0.0507 e. The average Bonchev–Trinajstić information content (AvgIpc) is 2.30. The number of likely N-dealkylation sites (N-methyl/N-ethyl adjacent to an activating group) is 2. The molecule has 0 bridgehead atoms. The van der Waals surface area contributed by atoms with Gasteiger partial charge in [0.05, 0.1) is 6.67 Å². The Morgan fingerprint density at radius 1 is 0.909 bits per heavy atom. The van der Waals surface area contributed by atoms with Gasteiger partial charge in [-0.1, -0.05) is 12.8 Å². The second kappa shape index (κ2) is 2.76. The minimum atomic E-state index is 0.869. The Bertz CT molecular complexity index is 130. The molecule has 2 atom stereocenters. The lowest BCUT2D eigenvalue weighted by Gasteiger charge is -2.30. The van der Waals surface area contributed by atoms with Crippen LogP contribution in [0.4, 0.5) is 0 Å². The lowest BCUT2D eigenvalue weighted by atomic mass is 9.91. The Morgan fingerprint density at radius 2 is 1.36 bits per heavy atom. The summed E-state index contributed by atoms with van der Waals surface area (Å²) in [5.74, 6) is 0. The first kappa shape index (κ1) is 7.56. The van der Waals surface area contributed by atoms with E-state index in [1.165, 1.54) is 32.4 Å². The van der Waals surface area contributed by atoms with Crippen molar-refractivity contribution in [2.45, 2.75) is 37.8 Å². The van der Waals surface area contributed by atoms with Gasteiger partial charge in [-0.05, 0) is 26.9 Å². The minimum Gasteiger partial charge on any atom is -0.289 e. The van der Waals surface area contributed by atoms with Crippen molar-refractivity contribution < 1.29 is 0 Å². The van der Waals surface area contributed by atoms with Gasteiger partial charge in [-0.3, -0.25) is 9.80 Å². The van der Waals surface area contributed by atoms with Crippen LogP contribution >= 0.6 is 0 Å². The molecule has 0 aromatic carbocycles. The predicted octanol–water partition coefficient (Wildman–Crippen LogP) is 1.13. The summed E-state index contributed by atoms with van der Waals surface area (Å²) in [6.07, 6.45) is 5.73. The monoisotopic (exact) mass is 154 g/mol. The van der Waals surface area contributed by atoms with Crippen LogP contribution < -0.4 is 0 Å². The van der Waals surface area contributed by atoms with Crippen LogP contribution in [0.2, 0.25) is 0 Å². The summed E-state index contributed by atoms with van der Waals surface area (Å²) in [6, 6.07) is 1.74. The molecule has 2 aliphatic rings. The van der Waals surface area contributed by atoms with Crippen LogP contribution in [0, 0.1) is 0 Å². The van der Waals surface area contributed by atoms with Crippen LogP contribution in [0.5, 0.6) is 0 Å². The Morgan fingerprint density at radius 3 is 1.82 bits per heavy atom. The van der Waals surface area contributed by atoms with Gasteiger partial charge in [0.15, 0.2) is 0 Å². The molecule has 0 radical (unpaired) electrons. The summed E-state index contributed by atoms with van der Waals surface area (Å²) in [7, 11) is 4.51. The molecule has 1 saturated carbocycles. The molecule has 1 aliphatic carbocycles. The fourth-order valence-electron chi connectivity index (χ4n) is 2.68. The molecule has 0 aromatic heterocycles. The molecule has 0 unspecified atom stereocenters. The summed E-state index contributed by atoms with van der Waals surface area (Å²) in [6.45, 7) is 1.18. The van der Waals surface area contributed by atoms with E-state index >= 15 is 0 Å². The molecule has 0 aromatic rings. The molecule has 64 valence electrons. The highest BCUT2D eigenvalue weighted by Gasteiger charge is 2.36. The Hall–Kier alpha value is -0.0800. The van der Waals surface area contributed by atoms with E-state index in [9.17, 15) is 0 Å². The van der Waals surface area contributed by atoms with Crippen LogP contribution in [0.3, 0.4) is 0 Å². The molecule has 0 spiro atoms. The fraction of sp³-hybridized carbons (Fsp3) is 1.00. The van der Waals surface area contributed by atoms with Gasteiger partial charge >= 0.3 is 0 Å². The van der Waals surface area contributed by atoms with Crippen molar-refractivity contribution in [2.24, 2.45) is 0 Å². The first-order valence-corrected chi connectivity index (χ1v) is 4.69. The predicted molar refractivity (Wildman–Crippen MR) is 46.4 cm³/mol. The smallest absolute Gasteiger partial charge is 0.0507 e. The van der Waals surface area contributed by atoms with E-state index in [0.717, 1.165) is 12.1 Å². The quantitative estimate of drug-likeness (QED) is 0.516. The van der Waals surface area contributed by atoms with E-state index in [1.807, 2.05) is 0 Å². The summed E-state index contributed by atoms with van der Waals surface area (Å²) in [4.78, 5) is 5.01. The molecule has 0 amide bonds. The topological polar surface area (TPSA) is 6.48 Å². The SMILES string of the molecule is CN1CN(C)[C@@H]2CCCC[C@H]21. The highest BCUT2D eigenvalue weighted by atomic mass is 15.4. The lowest BCUT2D eigenvalue weighted by Crippen LogP contribution is -2.37. The van der Waals surface area contributed by atoms with Gasteiger partial charge in [0.25, 0.3) is 0 Å². The third-order valence-electron chi connectivity index (χ3n) is 3.27. The van der Waals surface area contributed by atoms with Crippen molar-refractivity contribution in [3.63, 3.8) is 0 Å². The van der Waals surface area contributed by atoms with Crippen molar-refractivity contribution in [3.8, 4) is 0 Å². The third kappa shape index (κ3) is 1.18. The van der Waals surface area contributed by atoms with Gasteiger partial charge in [0, 0.05) is 12.1 Å². The zero-order valence-corrected chi connectivity index (χ0v) is 7.58. The van der Waals surface area contributed by atoms with Crippen molar-refractivity contribution >= 4 is 0 Å². The standard InChI is InChI=1S/C9H18N2/c1-10-7-11(2)9-6-4-3-5-8(9)10/h8-9H,3-7H2,1-2H3/t8-,9-/m1/s1. The summed E-state index contributed by atoms with van der Waals surface area (Å²) in [5.41, 5.74) is 0. The third-order valence-corrected chi connectivity index (χ3v) is 3.27. The minimum absolute atomic E-state index is 0.869. The lowest BCUT2D eigenvalue weighted by molar-refractivity contribution is 0.233. The number of nitrogens with zero attached hydrogens (tertiary/aromatic N) is 2. The first-order chi connectivity index (χ1) is 5.29. The van der Waals surface area contributed by atoms with E-state index < -0.39 is 0 Å². The molecule has 2 rings (SSSR count). The van der Waals surface area contributed by atoms with Gasteiger partial charge in [-0.15, -0.1) is 0 Å². The fourth-order valence-corrected chi connectivity index (χ4v) is 2.68. The Kier molecular flexibility index (Phi) is 1.90. The van der Waals surface area contributed by atoms with Crippen molar-refractivity contribution in [1.29, 1.82) is 0 Å². The average molecular weight is 154 g/mol. The van der Waals surface area contributed by atoms with Crippen LogP contribution in [0.25, 0.3) is 0 Å². The molecule has 11 heavy (non-hydrogen) atoms. The van der Waals surface area contributed by atoms with Gasteiger partial charge < -0.3 is 0 Å². The van der Waals surface area contributed by atoms with Crippen LogP contribution in [0.15, 0.2) is 0 Å². The second-order valence-corrected chi connectivity index (χ2v) is 4.07. The number of hydrogen-bond donors (Lipinski definition) is 0. The van der Waals surface area contributed by atoms with Crippen LogP contribution in [-0.4, -0.2) is 42.6 Å². The van der Waals surface area contributed by atoms with E-state index in [1.54, 1.807) is 0 Å². The molecule has 2 heteroatoms. The van der Waals surface area contributed by atoms with E-state index in [0.29, 0.717) is 0 Å². The maximum atomic E-state index is 2.50.